The first-order valence-electron chi connectivity index (χ1n) is 10.0. The fraction of sp³-hybridized carbons (Fsp3) is 0.0417. The minimum atomic E-state index is -0.709. The Morgan fingerprint density at radius 1 is 0.971 bits per heavy atom. The highest BCUT2D eigenvalue weighted by molar-refractivity contribution is 9.11. The number of carbonyl (C=O) groups is 2. The number of aromatic hydroxyl groups is 2. The van der Waals surface area contributed by atoms with E-state index in [4.69, 9.17) is 9.47 Å². The number of hydrogen-bond acceptors (Lipinski definition) is 7. The summed E-state index contributed by atoms with van der Waals surface area (Å²) in [7, 11) is 0. The lowest BCUT2D eigenvalue weighted by Crippen LogP contribution is -2.32. The number of rotatable bonds is 6. The summed E-state index contributed by atoms with van der Waals surface area (Å²) in [5.41, 5.74) is 3.42. The van der Waals surface area contributed by atoms with Crippen molar-refractivity contribution in [2.75, 3.05) is 6.79 Å². The molecule has 2 amide bonds. The van der Waals surface area contributed by atoms with Crippen LogP contribution in [0.3, 0.4) is 0 Å². The molecule has 0 bridgehead atoms. The van der Waals surface area contributed by atoms with Crippen LogP contribution < -0.4 is 20.2 Å². The zero-order valence-corrected chi connectivity index (χ0v) is 21.0. The molecule has 4 N–H and O–H groups in total. The van der Waals surface area contributed by atoms with Crippen LogP contribution in [-0.2, 0) is 4.79 Å². The third-order valence-electron chi connectivity index (χ3n) is 4.80. The van der Waals surface area contributed by atoms with Gasteiger partial charge in [0, 0.05) is 11.1 Å². The highest BCUT2D eigenvalue weighted by atomic mass is 79.9. The lowest BCUT2D eigenvalue weighted by atomic mass is 10.1. The summed E-state index contributed by atoms with van der Waals surface area (Å²) in [5, 5.41) is 26.5. The molecule has 178 valence electrons. The molecule has 0 fully saturated rings. The SMILES string of the molecule is O=C(N/N=C\c1cc(Br)c(O)c(Br)c1O)/C(=C\c1ccc2c(c1)OCO2)NC(=O)c1ccccc1. The summed E-state index contributed by atoms with van der Waals surface area (Å²) in [6.45, 7) is 0.103. The Morgan fingerprint density at radius 2 is 1.71 bits per heavy atom. The van der Waals surface area contributed by atoms with Gasteiger partial charge >= 0.3 is 0 Å². The third-order valence-corrected chi connectivity index (χ3v) is 6.16. The Balaban J connectivity index is 1.58. The van der Waals surface area contributed by atoms with Crippen molar-refractivity contribution in [1.29, 1.82) is 0 Å². The molecule has 1 aliphatic rings. The Kier molecular flexibility index (Phi) is 7.37. The second-order valence-corrected chi connectivity index (χ2v) is 8.80. The molecule has 0 aliphatic carbocycles. The van der Waals surface area contributed by atoms with Gasteiger partial charge in [-0.3, -0.25) is 9.59 Å². The molecule has 4 rings (SSSR count). The molecule has 1 aliphatic heterocycles. The van der Waals surface area contributed by atoms with Gasteiger partial charge in [-0.1, -0.05) is 24.3 Å². The fourth-order valence-electron chi connectivity index (χ4n) is 3.05. The van der Waals surface area contributed by atoms with E-state index in [1.165, 1.54) is 18.4 Å². The van der Waals surface area contributed by atoms with Crippen LogP contribution in [0.2, 0.25) is 0 Å². The summed E-state index contributed by atoms with van der Waals surface area (Å²) in [6, 6.07) is 14.9. The Bertz CT molecular complexity index is 1360. The van der Waals surface area contributed by atoms with E-state index in [1.807, 2.05) is 0 Å². The normalized spacial score (nSPS) is 12.6. The number of hydrazone groups is 1. The number of ether oxygens (including phenoxy) is 2. The number of benzene rings is 3. The van der Waals surface area contributed by atoms with E-state index in [2.05, 4.69) is 47.7 Å². The van der Waals surface area contributed by atoms with Crippen LogP contribution in [0.25, 0.3) is 6.08 Å². The van der Waals surface area contributed by atoms with E-state index in [-0.39, 0.29) is 34.0 Å². The van der Waals surface area contributed by atoms with Gasteiger partial charge in [-0.2, -0.15) is 5.10 Å². The zero-order chi connectivity index (χ0) is 24.9. The van der Waals surface area contributed by atoms with Gasteiger partial charge in [-0.15, -0.1) is 0 Å². The predicted octanol–water partition coefficient (Wildman–Crippen LogP) is 4.27. The lowest BCUT2D eigenvalue weighted by molar-refractivity contribution is -0.117. The standard InChI is InChI=1S/C24H17Br2N3O6/c25-16-10-15(21(30)20(26)22(16)31)11-27-29-24(33)17(28-23(32)14-4-2-1-3-5-14)8-13-6-7-18-19(9-13)35-12-34-18/h1-11,30-31H,12H2,(H,28,32)(H,29,33)/b17-8+,27-11-. The Morgan fingerprint density at radius 3 is 2.49 bits per heavy atom. The summed E-state index contributed by atoms with van der Waals surface area (Å²) < 4.78 is 11.1. The van der Waals surface area contributed by atoms with Gasteiger partial charge in [0.1, 0.15) is 21.7 Å². The molecular formula is C24H17Br2N3O6. The van der Waals surface area contributed by atoms with Gasteiger partial charge in [-0.25, -0.2) is 5.43 Å². The molecule has 35 heavy (non-hydrogen) atoms. The van der Waals surface area contributed by atoms with Crippen LogP contribution in [0.15, 0.2) is 74.3 Å². The maximum atomic E-state index is 12.9. The molecule has 0 saturated heterocycles. The molecule has 0 atom stereocenters. The average molecular weight is 603 g/mol. The molecule has 1 heterocycles. The van der Waals surface area contributed by atoms with Crippen LogP contribution in [0.5, 0.6) is 23.0 Å². The van der Waals surface area contributed by atoms with Crippen LogP contribution in [0.4, 0.5) is 0 Å². The Hall–Kier alpha value is -3.83. The number of phenols is 2. The van der Waals surface area contributed by atoms with Gasteiger partial charge in [0.05, 0.1) is 10.7 Å². The van der Waals surface area contributed by atoms with E-state index in [0.29, 0.717) is 27.1 Å². The predicted molar refractivity (Wildman–Crippen MR) is 135 cm³/mol. The number of halogens is 2. The molecule has 0 spiro atoms. The first kappa shape index (κ1) is 24.3. The number of nitrogens with zero attached hydrogens (tertiary/aromatic N) is 1. The number of hydrogen-bond donors (Lipinski definition) is 4. The summed E-state index contributed by atoms with van der Waals surface area (Å²) in [4.78, 5) is 25.6. The summed E-state index contributed by atoms with van der Waals surface area (Å²) in [5.74, 6) is -0.541. The monoisotopic (exact) mass is 601 g/mol. The van der Waals surface area contributed by atoms with E-state index in [0.717, 1.165) is 0 Å². The maximum absolute atomic E-state index is 12.9. The first-order valence-corrected chi connectivity index (χ1v) is 11.6. The molecule has 0 radical (unpaired) electrons. The minimum absolute atomic E-state index is 0.0677. The van der Waals surface area contributed by atoms with E-state index in [1.54, 1.807) is 48.5 Å². The lowest BCUT2D eigenvalue weighted by Gasteiger charge is -2.10. The molecule has 9 nitrogen and oxygen atoms in total. The van der Waals surface area contributed by atoms with E-state index < -0.39 is 11.8 Å². The number of fused-ring (bicyclic) bond motifs is 1. The molecular weight excluding hydrogens is 586 g/mol. The fourth-order valence-corrected chi connectivity index (χ4v) is 4.20. The highest BCUT2D eigenvalue weighted by Gasteiger charge is 2.17. The third kappa shape index (κ3) is 5.64. The molecule has 11 heteroatoms. The number of nitrogens with one attached hydrogen (secondary N) is 2. The van der Waals surface area contributed by atoms with Crippen molar-refractivity contribution in [2.45, 2.75) is 0 Å². The van der Waals surface area contributed by atoms with Gasteiger partial charge in [0.25, 0.3) is 11.8 Å². The summed E-state index contributed by atoms with van der Waals surface area (Å²) >= 11 is 6.24. The van der Waals surface area contributed by atoms with Crippen molar-refractivity contribution in [3.8, 4) is 23.0 Å². The van der Waals surface area contributed by atoms with Crippen LogP contribution in [-0.4, -0.2) is 35.0 Å². The van der Waals surface area contributed by atoms with Crippen molar-refractivity contribution in [1.82, 2.24) is 10.7 Å². The molecule has 3 aromatic rings. The maximum Gasteiger partial charge on any atom is 0.287 e. The first-order chi connectivity index (χ1) is 16.8. The van der Waals surface area contributed by atoms with Crippen LogP contribution in [0, 0.1) is 0 Å². The smallest absolute Gasteiger partial charge is 0.287 e. The van der Waals surface area contributed by atoms with Gasteiger partial charge in [0.15, 0.2) is 11.5 Å². The minimum Gasteiger partial charge on any atom is -0.506 e. The van der Waals surface area contributed by atoms with Gasteiger partial charge in [0.2, 0.25) is 6.79 Å². The zero-order valence-electron chi connectivity index (χ0n) is 17.8. The molecule has 0 saturated carbocycles. The summed E-state index contributed by atoms with van der Waals surface area (Å²) in [6.07, 6.45) is 2.66. The highest BCUT2D eigenvalue weighted by Crippen LogP contribution is 2.40. The number of amides is 2. The van der Waals surface area contributed by atoms with Crippen molar-refractivity contribution in [3.05, 3.63) is 85.9 Å². The molecule has 3 aromatic carbocycles. The van der Waals surface area contributed by atoms with Crippen LogP contribution >= 0.6 is 31.9 Å². The topological polar surface area (TPSA) is 129 Å². The molecule has 0 unspecified atom stereocenters. The molecule has 0 aromatic heterocycles. The van der Waals surface area contributed by atoms with Gasteiger partial charge < -0.3 is 25.0 Å². The van der Waals surface area contributed by atoms with Crippen molar-refractivity contribution in [2.24, 2.45) is 5.10 Å². The van der Waals surface area contributed by atoms with Crippen molar-refractivity contribution in [3.63, 3.8) is 0 Å². The largest absolute Gasteiger partial charge is 0.506 e. The Labute approximate surface area is 216 Å². The second-order valence-electron chi connectivity index (χ2n) is 7.15. The van der Waals surface area contributed by atoms with E-state index >= 15 is 0 Å². The van der Waals surface area contributed by atoms with E-state index in [9.17, 15) is 19.8 Å². The quantitative estimate of drug-likeness (QED) is 0.189. The number of carbonyl (C=O) groups excluding carboxylic acids is 2. The average Bonchev–Trinajstić information content (AvgIpc) is 3.33. The van der Waals surface area contributed by atoms with Crippen molar-refractivity contribution >= 4 is 56.0 Å². The van der Waals surface area contributed by atoms with Gasteiger partial charge in [-0.05, 0) is 73.8 Å². The second kappa shape index (κ2) is 10.6. The van der Waals surface area contributed by atoms with Crippen molar-refractivity contribution < 1.29 is 29.3 Å². The van der Waals surface area contributed by atoms with Crippen LogP contribution in [0.1, 0.15) is 21.5 Å². The number of phenolic OH excluding ortho intramolecular Hbond substituents is 2.